The maximum Gasteiger partial charge on any atom is 0.335 e. The first-order chi connectivity index (χ1) is 15.8. The molecule has 3 aromatic rings. The minimum atomic E-state index is -0.861. The number of carbonyl (C=O) groups is 3. The molecule has 0 aromatic heterocycles. The second-order valence-electron chi connectivity index (χ2n) is 7.08. The molecule has 7 nitrogen and oxygen atoms in total. The molecule has 4 amide bonds. The summed E-state index contributed by atoms with van der Waals surface area (Å²) in [6.07, 6.45) is 1.39. The fraction of sp³-hybridized carbons (Fsp3) is 0.0417. The Kier molecular flexibility index (Phi) is 6.48. The monoisotopic (exact) mass is 526 g/mol. The molecule has 0 aliphatic carbocycles. The third-order valence-corrected chi connectivity index (χ3v) is 5.66. The van der Waals surface area contributed by atoms with E-state index in [1.807, 2.05) is 12.1 Å². The van der Waals surface area contributed by atoms with E-state index >= 15 is 0 Å². The van der Waals surface area contributed by atoms with Gasteiger partial charge in [0.25, 0.3) is 11.8 Å². The van der Waals surface area contributed by atoms with Crippen LogP contribution in [0.1, 0.15) is 11.1 Å². The topological polar surface area (TPSA) is 95.9 Å². The number of benzene rings is 3. The number of rotatable bonds is 5. The fourth-order valence-electron chi connectivity index (χ4n) is 3.13. The van der Waals surface area contributed by atoms with Gasteiger partial charge in [-0.05, 0) is 81.7 Å². The molecule has 1 aliphatic heterocycles. The molecule has 1 fully saturated rings. The highest BCUT2D eigenvalue weighted by Crippen LogP contribution is 2.29. The van der Waals surface area contributed by atoms with Crippen LogP contribution in [0.4, 0.5) is 10.5 Å². The first-order valence-electron chi connectivity index (χ1n) is 9.69. The number of phenolic OH excluding ortho intramolecular Hbond substituents is 1. The van der Waals surface area contributed by atoms with Crippen LogP contribution in [0.15, 0.2) is 76.8 Å². The molecule has 4 rings (SSSR count). The van der Waals surface area contributed by atoms with E-state index < -0.39 is 17.8 Å². The number of nitrogens with one attached hydrogen (secondary N) is 1. The number of imide groups is 2. The zero-order valence-electron chi connectivity index (χ0n) is 16.9. The molecule has 0 saturated carbocycles. The molecule has 0 spiro atoms. The van der Waals surface area contributed by atoms with Crippen molar-refractivity contribution in [1.29, 1.82) is 0 Å². The average molecular weight is 528 g/mol. The highest BCUT2D eigenvalue weighted by molar-refractivity contribution is 9.10. The summed E-state index contributed by atoms with van der Waals surface area (Å²) < 4.78 is 6.44. The van der Waals surface area contributed by atoms with E-state index in [-0.39, 0.29) is 17.0 Å². The molecule has 1 heterocycles. The quantitative estimate of drug-likeness (QED) is 0.357. The van der Waals surface area contributed by atoms with Gasteiger partial charge in [0.15, 0.2) is 0 Å². The lowest BCUT2D eigenvalue weighted by molar-refractivity contribution is -0.122. The molecule has 33 heavy (non-hydrogen) atoms. The van der Waals surface area contributed by atoms with Gasteiger partial charge in [-0.2, -0.15) is 0 Å². The van der Waals surface area contributed by atoms with Gasteiger partial charge in [-0.15, -0.1) is 0 Å². The van der Waals surface area contributed by atoms with Crippen molar-refractivity contribution in [3.63, 3.8) is 0 Å². The summed E-state index contributed by atoms with van der Waals surface area (Å²) >= 11 is 9.34. The van der Waals surface area contributed by atoms with Crippen LogP contribution in [0.2, 0.25) is 5.02 Å². The number of phenols is 1. The number of urea groups is 1. The van der Waals surface area contributed by atoms with Crippen molar-refractivity contribution < 1.29 is 24.2 Å². The van der Waals surface area contributed by atoms with Crippen molar-refractivity contribution >= 4 is 57.1 Å². The van der Waals surface area contributed by atoms with Crippen LogP contribution >= 0.6 is 27.5 Å². The summed E-state index contributed by atoms with van der Waals surface area (Å²) in [5.41, 5.74) is 1.52. The van der Waals surface area contributed by atoms with Crippen molar-refractivity contribution in [1.82, 2.24) is 5.32 Å². The molecule has 2 N–H and O–H groups in total. The predicted octanol–water partition coefficient (Wildman–Crippen LogP) is 5.05. The normalized spacial score (nSPS) is 15.0. The van der Waals surface area contributed by atoms with Gasteiger partial charge in [0.1, 0.15) is 23.7 Å². The number of anilines is 1. The van der Waals surface area contributed by atoms with E-state index in [1.54, 1.807) is 30.3 Å². The summed E-state index contributed by atoms with van der Waals surface area (Å²) in [6, 6.07) is 17.0. The minimum absolute atomic E-state index is 0.0151. The van der Waals surface area contributed by atoms with Crippen LogP contribution in [0.5, 0.6) is 11.5 Å². The van der Waals surface area contributed by atoms with Crippen molar-refractivity contribution in [2.45, 2.75) is 6.61 Å². The first-order valence-corrected chi connectivity index (χ1v) is 10.9. The van der Waals surface area contributed by atoms with E-state index in [4.69, 9.17) is 16.3 Å². The molecule has 9 heteroatoms. The third-order valence-electron chi connectivity index (χ3n) is 4.78. The van der Waals surface area contributed by atoms with E-state index in [0.717, 1.165) is 10.5 Å². The van der Waals surface area contributed by atoms with E-state index in [1.165, 1.54) is 30.3 Å². The Balaban J connectivity index is 1.55. The molecule has 0 atom stereocenters. The van der Waals surface area contributed by atoms with E-state index in [2.05, 4.69) is 21.2 Å². The summed E-state index contributed by atoms with van der Waals surface area (Å²) in [4.78, 5) is 38.4. The van der Waals surface area contributed by atoms with Gasteiger partial charge >= 0.3 is 6.03 Å². The molecule has 0 unspecified atom stereocenters. The Morgan fingerprint density at radius 2 is 1.70 bits per heavy atom. The Labute approximate surface area is 202 Å². The molecule has 0 bridgehead atoms. The van der Waals surface area contributed by atoms with Crippen molar-refractivity contribution in [3.8, 4) is 11.5 Å². The van der Waals surface area contributed by atoms with Gasteiger partial charge in [0.2, 0.25) is 0 Å². The summed E-state index contributed by atoms with van der Waals surface area (Å²) in [6.45, 7) is 0.334. The number of carbonyl (C=O) groups excluding carboxylic acids is 3. The lowest BCUT2D eigenvalue weighted by atomic mass is 10.1. The lowest BCUT2D eigenvalue weighted by Gasteiger charge is -2.26. The van der Waals surface area contributed by atoms with Crippen LogP contribution in [-0.2, 0) is 16.2 Å². The number of barbiturate groups is 1. The summed E-state index contributed by atoms with van der Waals surface area (Å²) in [5.74, 6) is -1.00. The SMILES string of the molecule is O=C1NC(=O)N(c2ccc(O)cc2)C(=O)/C1=C/c1ccc(OCc2ccc(Cl)cc2)c(Br)c1. The third kappa shape index (κ3) is 5.08. The smallest absolute Gasteiger partial charge is 0.335 e. The molecule has 0 radical (unpaired) electrons. The Hall–Kier alpha value is -3.62. The number of nitrogens with zero attached hydrogens (tertiary/aromatic N) is 1. The molecule has 1 saturated heterocycles. The maximum absolute atomic E-state index is 12.9. The molecule has 1 aliphatic rings. The largest absolute Gasteiger partial charge is 0.508 e. The van der Waals surface area contributed by atoms with Gasteiger partial charge in [-0.3, -0.25) is 14.9 Å². The maximum atomic E-state index is 12.9. The van der Waals surface area contributed by atoms with Gasteiger partial charge in [-0.1, -0.05) is 29.8 Å². The predicted molar refractivity (Wildman–Crippen MR) is 127 cm³/mol. The van der Waals surface area contributed by atoms with Crippen LogP contribution in [0.3, 0.4) is 0 Å². The van der Waals surface area contributed by atoms with Crippen LogP contribution in [-0.4, -0.2) is 23.0 Å². The molecular weight excluding hydrogens is 512 g/mol. The number of ether oxygens (including phenoxy) is 1. The zero-order chi connectivity index (χ0) is 23.5. The number of aromatic hydroxyl groups is 1. The Bertz CT molecular complexity index is 1270. The van der Waals surface area contributed by atoms with Crippen LogP contribution in [0.25, 0.3) is 6.08 Å². The standard InChI is InChI=1S/C24H16BrClN2O5/c25-20-12-15(3-10-21(20)33-13-14-1-4-16(26)5-2-14)11-19-22(30)27-24(32)28(23(19)31)17-6-8-18(29)9-7-17/h1-12,29H,13H2,(H,27,30,32)/b19-11+. The fourth-order valence-corrected chi connectivity index (χ4v) is 3.76. The first kappa shape index (κ1) is 22.6. The van der Waals surface area contributed by atoms with Crippen molar-refractivity contribution in [2.24, 2.45) is 0 Å². The van der Waals surface area contributed by atoms with E-state index in [9.17, 15) is 19.5 Å². The van der Waals surface area contributed by atoms with E-state index in [0.29, 0.717) is 27.4 Å². The van der Waals surface area contributed by atoms with Gasteiger partial charge < -0.3 is 9.84 Å². The molecule has 166 valence electrons. The lowest BCUT2D eigenvalue weighted by Crippen LogP contribution is -2.54. The van der Waals surface area contributed by atoms with Crippen molar-refractivity contribution in [2.75, 3.05) is 4.90 Å². The zero-order valence-corrected chi connectivity index (χ0v) is 19.3. The van der Waals surface area contributed by atoms with Crippen molar-refractivity contribution in [3.05, 3.63) is 92.9 Å². The number of halogens is 2. The van der Waals surface area contributed by atoms with Crippen LogP contribution in [0, 0.1) is 0 Å². The number of hydrogen-bond acceptors (Lipinski definition) is 5. The van der Waals surface area contributed by atoms with Gasteiger partial charge in [0.05, 0.1) is 10.2 Å². The Morgan fingerprint density at radius 3 is 2.36 bits per heavy atom. The number of hydrogen-bond donors (Lipinski definition) is 2. The highest BCUT2D eigenvalue weighted by atomic mass is 79.9. The van der Waals surface area contributed by atoms with Gasteiger partial charge in [0, 0.05) is 5.02 Å². The highest BCUT2D eigenvalue weighted by Gasteiger charge is 2.36. The second-order valence-corrected chi connectivity index (χ2v) is 8.37. The Morgan fingerprint density at radius 1 is 1.00 bits per heavy atom. The van der Waals surface area contributed by atoms with Crippen LogP contribution < -0.4 is 15.0 Å². The second kappa shape index (κ2) is 9.48. The minimum Gasteiger partial charge on any atom is -0.508 e. The summed E-state index contributed by atoms with van der Waals surface area (Å²) in [7, 11) is 0. The summed E-state index contributed by atoms with van der Waals surface area (Å²) in [5, 5.41) is 12.3. The van der Waals surface area contributed by atoms with Gasteiger partial charge in [-0.25, -0.2) is 9.69 Å². The average Bonchev–Trinajstić information content (AvgIpc) is 2.78. The number of amides is 4. The molecule has 3 aromatic carbocycles. The molecular formula is C24H16BrClN2O5.